The number of ether oxygens (including phenoxy) is 1. The first-order valence-electron chi connectivity index (χ1n) is 9.82. The number of hydrogen-bond acceptors (Lipinski definition) is 3. The molecule has 1 saturated heterocycles. The van der Waals surface area contributed by atoms with E-state index in [-0.39, 0.29) is 29.7 Å². The van der Waals surface area contributed by atoms with E-state index < -0.39 is 0 Å². The molecule has 1 aliphatic heterocycles. The van der Waals surface area contributed by atoms with Gasteiger partial charge in [-0.05, 0) is 55.7 Å². The van der Waals surface area contributed by atoms with E-state index in [0.29, 0.717) is 11.3 Å². The minimum atomic E-state index is -0.390. The van der Waals surface area contributed by atoms with Crippen LogP contribution >= 0.6 is 0 Å². The summed E-state index contributed by atoms with van der Waals surface area (Å²) in [6.45, 7) is 4.28. The van der Waals surface area contributed by atoms with E-state index in [1.807, 2.05) is 0 Å². The molecule has 7 heteroatoms. The van der Waals surface area contributed by atoms with Gasteiger partial charge in [0.1, 0.15) is 17.4 Å². The Morgan fingerprint density at radius 3 is 2.45 bits per heavy atom. The number of likely N-dealkylation sites (tertiary alicyclic amines) is 1. The third-order valence-electron chi connectivity index (χ3n) is 5.25. The lowest BCUT2D eigenvalue weighted by atomic mass is 10.0. The molecule has 1 aliphatic rings. The number of carbonyl (C=O) groups is 1. The maximum atomic E-state index is 13.6. The summed E-state index contributed by atoms with van der Waals surface area (Å²) >= 11 is 0. The Balaban J connectivity index is 1.46. The molecule has 2 amide bonds. The Hall–Kier alpha value is -2.67. The number of rotatable bonds is 6. The van der Waals surface area contributed by atoms with Crippen molar-refractivity contribution in [3.8, 4) is 5.75 Å². The van der Waals surface area contributed by atoms with E-state index >= 15 is 0 Å². The van der Waals surface area contributed by atoms with Gasteiger partial charge in [-0.2, -0.15) is 0 Å². The predicted molar refractivity (Wildman–Crippen MR) is 108 cm³/mol. The average Bonchev–Trinajstić information content (AvgIpc) is 2.71. The second-order valence-electron chi connectivity index (χ2n) is 7.40. The number of nitrogens with one attached hydrogen (secondary N) is 2. The van der Waals surface area contributed by atoms with Crippen molar-refractivity contribution in [1.82, 2.24) is 15.5 Å². The first kappa shape index (κ1) is 21.0. The van der Waals surface area contributed by atoms with Gasteiger partial charge in [-0.15, -0.1) is 0 Å². The zero-order chi connectivity index (χ0) is 20.8. The zero-order valence-electron chi connectivity index (χ0n) is 16.8. The highest BCUT2D eigenvalue weighted by molar-refractivity contribution is 5.74. The summed E-state index contributed by atoms with van der Waals surface area (Å²) in [4.78, 5) is 14.7. The van der Waals surface area contributed by atoms with Crippen LogP contribution in [0.25, 0.3) is 0 Å². The molecule has 2 aromatic carbocycles. The smallest absolute Gasteiger partial charge is 0.315 e. The normalized spacial score (nSPS) is 16.3. The summed E-state index contributed by atoms with van der Waals surface area (Å²) in [5, 5.41) is 5.86. The van der Waals surface area contributed by atoms with Crippen LogP contribution in [-0.2, 0) is 6.54 Å². The number of amides is 2. The first-order valence-corrected chi connectivity index (χ1v) is 9.82. The van der Waals surface area contributed by atoms with Gasteiger partial charge in [0.25, 0.3) is 0 Å². The molecule has 1 heterocycles. The third kappa shape index (κ3) is 5.90. The van der Waals surface area contributed by atoms with E-state index in [1.165, 1.54) is 31.4 Å². The van der Waals surface area contributed by atoms with Crippen LogP contribution in [-0.4, -0.2) is 37.2 Å². The molecule has 0 radical (unpaired) electrons. The van der Waals surface area contributed by atoms with Crippen molar-refractivity contribution in [3.63, 3.8) is 0 Å². The molecule has 1 atom stereocenters. The molecule has 0 unspecified atom stereocenters. The fraction of sp³-hybridized carbons (Fsp3) is 0.409. The molecular formula is C22H27F2N3O2. The summed E-state index contributed by atoms with van der Waals surface area (Å²) < 4.78 is 31.8. The minimum absolute atomic E-state index is 0.0843. The lowest BCUT2D eigenvalue weighted by Crippen LogP contribution is -2.48. The van der Waals surface area contributed by atoms with Crippen LogP contribution in [0.15, 0.2) is 42.5 Å². The molecule has 3 rings (SSSR count). The lowest BCUT2D eigenvalue weighted by molar-refractivity contribution is 0.186. The molecular weight excluding hydrogens is 376 g/mol. The number of urea groups is 1. The van der Waals surface area contributed by atoms with E-state index in [2.05, 4.69) is 15.5 Å². The van der Waals surface area contributed by atoms with Crippen LogP contribution in [0.2, 0.25) is 0 Å². The third-order valence-corrected chi connectivity index (χ3v) is 5.25. The Morgan fingerprint density at radius 2 is 1.79 bits per heavy atom. The molecule has 156 valence electrons. The van der Waals surface area contributed by atoms with Gasteiger partial charge in [0.05, 0.1) is 13.2 Å². The van der Waals surface area contributed by atoms with Crippen molar-refractivity contribution in [1.29, 1.82) is 0 Å². The number of methoxy groups -OCH3 is 1. The van der Waals surface area contributed by atoms with Crippen LogP contribution in [0.4, 0.5) is 13.6 Å². The summed E-state index contributed by atoms with van der Waals surface area (Å²) in [7, 11) is 1.52. The molecule has 0 aromatic heterocycles. The number of benzene rings is 2. The molecule has 2 aromatic rings. The standard InChI is InChI=1S/C22H27F2N3O2/c1-15(20-13-18(24)7-8-21(20)29-2)25-22(28)26-19-9-11-27(12-10-19)14-16-3-5-17(23)6-4-16/h3-8,13,15,19H,9-12,14H2,1-2H3,(H2,25,26,28)/t15-/m1/s1. The maximum Gasteiger partial charge on any atom is 0.315 e. The lowest BCUT2D eigenvalue weighted by Gasteiger charge is -2.32. The summed E-state index contributed by atoms with van der Waals surface area (Å²) in [6, 6.07) is 10.2. The van der Waals surface area contributed by atoms with Crippen LogP contribution in [0.5, 0.6) is 5.75 Å². The number of halogens is 2. The first-order chi connectivity index (χ1) is 13.9. The summed E-state index contributed by atoms with van der Waals surface area (Å²) in [6.07, 6.45) is 1.68. The molecule has 2 N–H and O–H groups in total. The Bertz CT molecular complexity index is 821. The van der Waals surface area contributed by atoms with Gasteiger partial charge >= 0.3 is 6.03 Å². The van der Waals surface area contributed by atoms with Gasteiger partial charge in [0, 0.05) is 31.2 Å². The zero-order valence-corrected chi connectivity index (χ0v) is 16.8. The highest BCUT2D eigenvalue weighted by Gasteiger charge is 2.22. The Kier molecular flexibility index (Phi) is 7.04. The van der Waals surface area contributed by atoms with E-state index in [1.54, 1.807) is 25.1 Å². The molecule has 5 nitrogen and oxygen atoms in total. The van der Waals surface area contributed by atoms with Gasteiger partial charge < -0.3 is 15.4 Å². The maximum absolute atomic E-state index is 13.6. The highest BCUT2D eigenvalue weighted by Crippen LogP contribution is 2.25. The molecule has 0 spiro atoms. The van der Waals surface area contributed by atoms with Gasteiger partial charge in [0.15, 0.2) is 0 Å². The minimum Gasteiger partial charge on any atom is -0.496 e. The highest BCUT2D eigenvalue weighted by atomic mass is 19.1. The van der Waals surface area contributed by atoms with Crippen LogP contribution < -0.4 is 15.4 Å². The van der Waals surface area contributed by atoms with Gasteiger partial charge in [-0.1, -0.05) is 12.1 Å². The second-order valence-corrected chi connectivity index (χ2v) is 7.40. The fourth-order valence-electron chi connectivity index (χ4n) is 3.63. The largest absolute Gasteiger partial charge is 0.496 e. The van der Waals surface area contributed by atoms with Crippen LogP contribution in [0.1, 0.15) is 36.9 Å². The Morgan fingerprint density at radius 1 is 1.14 bits per heavy atom. The fourth-order valence-corrected chi connectivity index (χ4v) is 3.63. The van der Waals surface area contributed by atoms with Crippen molar-refractivity contribution in [3.05, 3.63) is 65.2 Å². The monoisotopic (exact) mass is 403 g/mol. The van der Waals surface area contributed by atoms with Crippen molar-refractivity contribution in [2.45, 2.75) is 38.4 Å². The number of piperidine rings is 1. The van der Waals surface area contributed by atoms with Crippen molar-refractivity contribution < 1.29 is 18.3 Å². The number of carbonyl (C=O) groups excluding carboxylic acids is 1. The SMILES string of the molecule is COc1ccc(F)cc1[C@@H](C)NC(=O)NC1CCN(Cc2ccc(F)cc2)CC1. The summed E-state index contributed by atoms with van der Waals surface area (Å²) in [5.41, 5.74) is 1.67. The van der Waals surface area contributed by atoms with Gasteiger partial charge in [-0.25, -0.2) is 13.6 Å². The van der Waals surface area contributed by atoms with Crippen molar-refractivity contribution in [2.75, 3.05) is 20.2 Å². The summed E-state index contributed by atoms with van der Waals surface area (Å²) in [5.74, 6) is -0.0653. The predicted octanol–water partition coefficient (Wildman–Crippen LogP) is 4.00. The quantitative estimate of drug-likeness (QED) is 0.767. The molecule has 29 heavy (non-hydrogen) atoms. The average molecular weight is 403 g/mol. The van der Waals surface area contributed by atoms with Crippen molar-refractivity contribution >= 4 is 6.03 Å². The number of hydrogen-bond donors (Lipinski definition) is 2. The topological polar surface area (TPSA) is 53.6 Å². The van der Waals surface area contributed by atoms with Crippen LogP contribution in [0.3, 0.4) is 0 Å². The van der Waals surface area contributed by atoms with E-state index in [0.717, 1.165) is 38.0 Å². The van der Waals surface area contributed by atoms with Gasteiger partial charge in [-0.3, -0.25) is 4.90 Å². The second kappa shape index (κ2) is 9.69. The molecule has 0 saturated carbocycles. The molecule has 1 fully saturated rings. The Labute approximate surface area is 170 Å². The molecule has 0 bridgehead atoms. The van der Waals surface area contributed by atoms with E-state index in [4.69, 9.17) is 4.74 Å². The number of nitrogens with zero attached hydrogens (tertiary/aromatic N) is 1. The van der Waals surface area contributed by atoms with Crippen LogP contribution in [0, 0.1) is 11.6 Å². The molecule has 0 aliphatic carbocycles. The van der Waals surface area contributed by atoms with Crippen molar-refractivity contribution in [2.24, 2.45) is 0 Å². The van der Waals surface area contributed by atoms with E-state index in [9.17, 15) is 13.6 Å². The van der Waals surface area contributed by atoms with Gasteiger partial charge in [0.2, 0.25) is 0 Å².